The first-order chi connectivity index (χ1) is 14.6. The van der Waals surface area contributed by atoms with Crippen LogP contribution in [0.4, 0.5) is 34.1 Å². The molecule has 0 aliphatic carbocycles. The normalized spacial score (nSPS) is 21.2. The lowest BCUT2D eigenvalue weighted by Crippen LogP contribution is -2.07. The lowest BCUT2D eigenvalue weighted by atomic mass is 10.3. The minimum atomic E-state index is -2.50. The number of fused-ring (bicyclic) bond motifs is 3. The van der Waals surface area contributed by atoms with E-state index in [0.717, 1.165) is 34.1 Å². The molecule has 0 aromatic heterocycles. The topological polar surface area (TPSA) is 109 Å². The van der Waals surface area contributed by atoms with Crippen LogP contribution in [-0.4, -0.2) is 0 Å². The molecule has 3 aromatic carbocycles. The van der Waals surface area contributed by atoms with Crippen LogP contribution in [0.3, 0.4) is 0 Å². The van der Waals surface area contributed by atoms with E-state index in [1.165, 1.54) is 0 Å². The van der Waals surface area contributed by atoms with Crippen LogP contribution in [0.2, 0.25) is 0 Å². The van der Waals surface area contributed by atoms with Gasteiger partial charge >= 0.3 is 0 Å². The Hall–Kier alpha value is -2.85. The van der Waals surface area contributed by atoms with Crippen molar-refractivity contribution >= 4 is 56.6 Å². The van der Waals surface area contributed by atoms with Gasteiger partial charge in [-0.15, -0.1) is 0 Å². The third-order valence-corrected chi connectivity index (χ3v) is 14.7. The number of benzene rings is 3. The Kier molecular flexibility index (Phi) is 3.18. The van der Waals surface area contributed by atoms with E-state index in [0.29, 0.717) is 0 Å². The van der Waals surface area contributed by atoms with Gasteiger partial charge in [-0.25, -0.2) is 0 Å². The number of hydrogen-bond donors (Lipinski definition) is 6. The highest BCUT2D eigenvalue weighted by molar-refractivity contribution is 7.90. The van der Waals surface area contributed by atoms with E-state index >= 15 is 0 Å². The van der Waals surface area contributed by atoms with Crippen molar-refractivity contribution in [3.63, 3.8) is 0 Å². The van der Waals surface area contributed by atoms with Gasteiger partial charge in [-0.3, -0.25) is 0 Å². The Balaban J connectivity index is 1.45. The lowest BCUT2D eigenvalue weighted by Gasteiger charge is -2.31. The van der Waals surface area contributed by atoms with E-state index in [-0.39, 0.29) is 0 Å². The summed E-state index contributed by atoms with van der Waals surface area (Å²) in [6.45, 7) is 0. The van der Waals surface area contributed by atoms with Crippen molar-refractivity contribution in [2.75, 3.05) is 30.5 Å². The summed E-state index contributed by atoms with van der Waals surface area (Å²) in [5.74, 6) is 0. The van der Waals surface area contributed by atoms with E-state index in [9.17, 15) is 0 Å². The molecule has 0 unspecified atom stereocenters. The molecule has 3 spiro atoms. The zero-order valence-electron chi connectivity index (χ0n) is 15.6. The van der Waals surface area contributed by atoms with Crippen LogP contribution in [0.1, 0.15) is 0 Å². The fourth-order valence-electron chi connectivity index (χ4n) is 4.01. The molecule has 30 heavy (non-hydrogen) atoms. The molecule has 150 valence electrons. The number of rotatable bonds is 0. The summed E-state index contributed by atoms with van der Waals surface area (Å²) in [7, 11) is -7.51. The first-order valence-corrected chi connectivity index (χ1v) is 14.6. The van der Waals surface area contributed by atoms with Crippen molar-refractivity contribution < 1.29 is 0 Å². The van der Waals surface area contributed by atoms with Crippen LogP contribution in [0.15, 0.2) is 86.3 Å². The van der Waals surface area contributed by atoms with Crippen molar-refractivity contribution in [1.82, 2.24) is 0 Å². The van der Waals surface area contributed by atoms with Crippen molar-refractivity contribution in [2.24, 2.45) is 13.5 Å². The number of nitrogens with one attached hydrogen (secondary N) is 6. The van der Waals surface area contributed by atoms with Crippen LogP contribution in [0.5, 0.6) is 0 Å². The van der Waals surface area contributed by atoms with Gasteiger partial charge in [0.15, 0.2) is 0 Å². The van der Waals surface area contributed by atoms with Gasteiger partial charge in [-0.1, -0.05) is 36.4 Å². The van der Waals surface area contributed by atoms with Crippen LogP contribution < -0.4 is 30.5 Å². The summed E-state index contributed by atoms with van der Waals surface area (Å²) in [6.07, 6.45) is 0. The maximum absolute atomic E-state index is 5.25. The Morgan fingerprint density at radius 3 is 0.767 bits per heavy atom. The maximum Gasteiger partial charge on any atom is 0.268 e. The smallest absolute Gasteiger partial charge is 0.268 e. The molecule has 4 aliphatic heterocycles. The highest BCUT2D eigenvalue weighted by Gasteiger charge is 2.45. The van der Waals surface area contributed by atoms with E-state index in [1.54, 1.807) is 0 Å². The van der Waals surface area contributed by atoms with Crippen molar-refractivity contribution in [2.45, 2.75) is 0 Å². The Morgan fingerprint density at radius 2 is 0.567 bits per heavy atom. The van der Waals surface area contributed by atoms with Gasteiger partial charge in [0.2, 0.25) is 0 Å². The number of para-hydroxylation sites is 6. The molecule has 0 amide bonds. The molecule has 0 saturated carbocycles. The van der Waals surface area contributed by atoms with Gasteiger partial charge in [0.05, 0.1) is 34.1 Å². The quantitative estimate of drug-likeness (QED) is 0.197. The fraction of sp³-hybridized carbons (Fsp3) is 0. The largest absolute Gasteiger partial charge is 0.317 e. The van der Waals surface area contributed by atoms with E-state index in [4.69, 9.17) is 13.5 Å². The van der Waals surface area contributed by atoms with Crippen LogP contribution in [0, 0.1) is 0 Å². The molecule has 9 nitrogen and oxygen atoms in total. The summed E-state index contributed by atoms with van der Waals surface area (Å²) in [4.78, 5) is 0. The fourth-order valence-corrected chi connectivity index (χ4v) is 15.4. The average Bonchev–Trinajstić information content (AvgIpc) is 3.36. The minimum absolute atomic E-state index is 1.02. The van der Waals surface area contributed by atoms with Crippen molar-refractivity contribution in [3.05, 3.63) is 72.8 Å². The Labute approximate surface area is 173 Å². The van der Waals surface area contributed by atoms with Crippen molar-refractivity contribution in [3.8, 4) is 0 Å². The van der Waals surface area contributed by atoms with Crippen LogP contribution in [0.25, 0.3) is 0 Å². The minimum Gasteiger partial charge on any atom is -0.317 e. The number of nitrogens with zero attached hydrogens (tertiary/aromatic N) is 3. The van der Waals surface area contributed by atoms with Crippen LogP contribution >= 0.6 is 22.5 Å². The molecular weight excluding hydrogens is 435 g/mol. The van der Waals surface area contributed by atoms with Crippen molar-refractivity contribution in [1.29, 1.82) is 0 Å². The first-order valence-electron chi connectivity index (χ1n) is 9.52. The summed E-state index contributed by atoms with van der Waals surface area (Å²) in [5.41, 5.74) is 6.11. The standard InChI is InChI=1S/C18H18N9P3/c1-2-8-14-13(7-1)19-28(20-14)25-29(21-15-9-3-4-10-16(15)22-29)27-30(26-28)23-17-11-5-6-12-18(17)24-30/h1-12,19-24H. The monoisotopic (exact) mass is 453 g/mol. The zero-order chi connectivity index (χ0) is 19.8. The summed E-state index contributed by atoms with van der Waals surface area (Å²) >= 11 is 0. The second kappa shape index (κ2) is 5.64. The highest BCUT2D eigenvalue weighted by Crippen LogP contribution is 2.80. The molecule has 4 aliphatic rings. The first kappa shape index (κ1) is 16.9. The predicted octanol–water partition coefficient (Wildman–Crippen LogP) is 7.45. The molecule has 0 saturated heterocycles. The average molecular weight is 453 g/mol. The Morgan fingerprint density at radius 1 is 0.367 bits per heavy atom. The zero-order valence-corrected chi connectivity index (χ0v) is 18.3. The SMILES string of the molecule is c1ccc2c(c1)NP1(=NP3(=NP4(=N1)Nc1ccccc1N4)Nc1ccccc1N3)N2. The molecule has 7 rings (SSSR count). The summed E-state index contributed by atoms with van der Waals surface area (Å²) < 4.78 is 15.7. The molecule has 6 N–H and O–H groups in total. The van der Waals surface area contributed by atoms with E-state index < -0.39 is 22.5 Å². The van der Waals surface area contributed by atoms with Gasteiger partial charge in [0, 0.05) is 0 Å². The van der Waals surface area contributed by atoms with Gasteiger partial charge in [-0.2, -0.15) is 13.5 Å². The van der Waals surface area contributed by atoms with Gasteiger partial charge in [-0.05, 0) is 36.4 Å². The van der Waals surface area contributed by atoms with Crippen LogP contribution in [-0.2, 0) is 0 Å². The van der Waals surface area contributed by atoms with Gasteiger partial charge in [0.1, 0.15) is 0 Å². The maximum atomic E-state index is 5.25. The Bertz CT molecular complexity index is 1140. The molecule has 0 fully saturated rings. The number of hydrogen-bond acceptors (Lipinski definition) is 9. The summed E-state index contributed by atoms with van der Waals surface area (Å²) in [6, 6.07) is 24.4. The molecule has 3 aromatic rings. The second-order valence-corrected chi connectivity index (χ2v) is 14.5. The number of anilines is 6. The molecular formula is C18H18N9P3. The second-order valence-electron chi connectivity index (χ2n) is 7.38. The van der Waals surface area contributed by atoms with E-state index in [2.05, 4.69) is 66.9 Å². The lowest BCUT2D eigenvalue weighted by molar-refractivity contribution is 1.59. The van der Waals surface area contributed by atoms with E-state index in [1.807, 2.05) is 36.4 Å². The molecule has 0 radical (unpaired) electrons. The highest BCUT2D eigenvalue weighted by atomic mass is 31.3. The van der Waals surface area contributed by atoms with Gasteiger partial charge < -0.3 is 30.5 Å². The van der Waals surface area contributed by atoms with Gasteiger partial charge in [0.25, 0.3) is 22.5 Å². The molecule has 12 heteroatoms. The third-order valence-electron chi connectivity index (χ3n) is 5.22. The predicted molar refractivity (Wildman–Crippen MR) is 129 cm³/mol. The molecule has 0 atom stereocenters. The third kappa shape index (κ3) is 2.40. The molecule has 0 bridgehead atoms. The molecule has 4 heterocycles. The summed E-state index contributed by atoms with van der Waals surface area (Å²) in [5, 5.41) is 21.6.